The van der Waals surface area contributed by atoms with Gasteiger partial charge in [0.2, 0.25) is 0 Å². The van der Waals surface area contributed by atoms with Gasteiger partial charge in [-0.05, 0) is 13.0 Å². The molecular formula is C9H20N4O2. The molecule has 0 aromatic carbocycles. The van der Waals surface area contributed by atoms with Crippen LogP contribution in [0.1, 0.15) is 6.42 Å². The lowest BCUT2D eigenvalue weighted by Crippen LogP contribution is -2.37. The molecule has 15 heavy (non-hydrogen) atoms. The van der Waals surface area contributed by atoms with Crippen LogP contribution in [0.15, 0.2) is 11.9 Å². The quantitative estimate of drug-likeness (QED) is 0.362. The average Bonchev–Trinajstić information content (AvgIpc) is 2.12. The largest absolute Gasteiger partial charge is 0.399 e. The van der Waals surface area contributed by atoms with Crippen LogP contribution in [0.25, 0.3) is 0 Å². The Morgan fingerprint density at radius 1 is 1.53 bits per heavy atom. The number of ether oxygens (including phenoxy) is 2. The maximum atomic E-state index is 5.72. The first-order valence-corrected chi connectivity index (χ1v) is 5.09. The zero-order chi connectivity index (χ0) is 11.1. The van der Waals surface area contributed by atoms with Gasteiger partial charge in [-0.25, -0.2) is 5.84 Å². The molecule has 0 bridgehead atoms. The molecule has 0 atom stereocenters. The van der Waals surface area contributed by atoms with Gasteiger partial charge in [-0.15, -0.1) is 0 Å². The van der Waals surface area contributed by atoms with Gasteiger partial charge < -0.3 is 25.9 Å². The molecule has 0 aliphatic carbocycles. The van der Waals surface area contributed by atoms with E-state index in [2.05, 4.69) is 0 Å². The fourth-order valence-electron chi connectivity index (χ4n) is 1.11. The van der Waals surface area contributed by atoms with Gasteiger partial charge in [0.1, 0.15) is 6.10 Å². The Balaban J connectivity index is 2.12. The highest BCUT2D eigenvalue weighted by atomic mass is 16.6. The van der Waals surface area contributed by atoms with Crippen LogP contribution in [0.3, 0.4) is 0 Å². The Morgan fingerprint density at radius 2 is 2.27 bits per heavy atom. The summed E-state index contributed by atoms with van der Waals surface area (Å²) in [5.41, 5.74) is 11.7. The van der Waals surface area contributed by atoms with Gasteiger partial charge in [0.05, 0.1) is 25.5 Å². The Hall–Kier alpha value is -0.820. The molecule has 1 fully saturated rings. The minimum Gasteiger partial charge on any atom is -0.399 e. The lowest BCUT2D eigenvalue weighted by atomic mass is 10.3. The smallest absolute Gasteiger partial charge is 0.105 e. The van der Waals surface area contributed by atoms with E-state index < -0.39 is 0 Å². The summed E-state index contributed by atoms with van der Waals surface area (Å²) in [6, 6.07) is 0. The lowest BCUT2D eigenvalue weighted by Gasteiger charge is -2.26. The summed E-state index contributed by atoms with van der Waals surface area (Å²) in [5, 5.41) is 1.53. The number of hydrogen-bond donors (Lipinski definition) is 3. The van der Waals surface area contributed by atoms with Gasteiger partial charge in [-0.2, -0.15) is 0 Å². The molecule has 0 unspecified atom stereocenters. The number of nitrogens with two attached hydrogens (primary N) is 3. The van der Waals surface area contributed by atoms with Gasteiger partial charge in [-0.1, -0.05) is 0 Å². The predicted octanol–water partition coefficient (Wildman–Crippen LogP) is -1.27. The second kappa shape index (κ2) is 6.62. The summed E-state index contributed by atoms with van der Waals surface area (Å²) in [7, 11) is 0. The van der Waals surface area contributed by atoms with Crippen LogP contribution in [-0.4, -0.2) is 44.0 Å². The summed E-state index contributed by atoms with van der Waals surface area (Å²) in [4.78, 5) is 0. The minimum atomic E-state index is 0.187. The number of hydrogen-bond acceptors (Lipinski definition) is 6. The van der Waals surface area contributed by atoms with Crippen LogP contribution in [0.2, 0.25) is 0 Å². The predicted molar refractivity (Wildman–Crippen MR) is 57.4 cm³/mol. The molecule has 1 saturated heterocycles. The lowest BCUT2D eigenvalue weighted by molar-refractivity contribution is -0.124. The first-order valence-electron chi connectivity index (χ1n) is 5.09. The van der Waals surface area contributed by atoms with Crippen molar-refractivity contribution in [2.24, 2.45) is 17.3 Å². The topological polar surface area (TPSA) is 99.8 Å². The van der Waals surface area contributed by atoms with Crippen molar-refractivity contribution in [2.45, 2.75) is 12.5 Å². The second-order valence-electron chi connectivity index (χ2n) is 3.55. The van der Waals surface area contributed by atoms with Crippen LogP contribution in [-0.2, 0) is 9.47 Å². The fourth-order valence-corrected chi connectivity index (χ4v) is 1.11. The molecule has 1 aliphatic rings. The van der Waals surface area contributed by atoms with Gasteiger partial charge in [0.25, 0.3) is 0 Å². The fraction of sp³-hybridized carbons (Fsp3) is 0.778. The molecular weight excluding hydrogens is 196 g/mol. The van der Waals surface area contributed by atoms with E-state index in [1.165, 1.54) is 5.01 Å². The summed E-state index contributed by atoms with van der Waals surface area (Å²) < 4.78 is 10.4. The van der Waals surface area contributed by atoms with Crippen LogP contribution in [0.4, 0.5) is 0 Å². The summed E-state index contributed by atoms with van der Waals surface area (Å²) in [5.74, 6) is 5.65. The molecule has 6 heteroatoms. The second-order valence-corrected chi connectivity index (χ2v) is 3.55. The number of nitrogens with zero attached hydrogens (tertiary/aromatic N) is 1. The third-order valence-corrected chi connectivity index (χ3v) is 2.05. The Labute approximate surface area is 89.9 Å². The van der Waals surface area contributed by atoms with E-state index in [-0.39, 0.29) is 6.10 Å². The Kier molecular flexibility index (Phi) is 5.41. The molecule has 0 aromatic heterocycles. The first kappa shape index (κ1) is 12.3. The maximum absolute atomic E-state index is 5.72. The number of hydrazine groups is 1. The molecule has 88 valence electrons. The molecule has 6 N–H and O–H groups in total. The third kappa shape index (κ3) is 4.98. The van der Waals surface area contributed by atoms with E-state index in [1.807, 2.05) is 0 Å². The van der Waals surface area contributed by atoms with E-state index in [9.17, 15) is 0 Å². The zero-order valence-electron chi connectivity index (χ0n) is 8.89. The summed E-state index contributed by atoms with van der Waals surface area (Å²) >= 11 is 0. The monoisotopic (exact) mass is 216 g/mol. The Bertz CT molecular complexity index is 206. The summed E-state index contributed by atoms with van der Waals surface area (Å²) in [6.45, 7) is 3.03. The maximum Gasteiger partial charge on any atom is 0.105 e. The normalized spacial score (nSPS) is 17.6. The highest BCUT2D eigenvalue weighted by Gasteiger charge is 2.18. The van der Waals surface area contributed by atoms with E-state index >= 15 is 0 Å². The van der Waals surface area contributed by atoms with Crippen molar-refractivity contribution in [2.75, 3.05) is 32.9 Å². The van der Waals surface area contributed by atoms with Crippen LogP contribution >= 0.6 is 0 Å². The molecule has 0 spiro atoms. The van der Waals surface area contributed by atoms with Gasteiger partial charge >= 0.3 is 0 Å². The van der Waals surface area contributed by atoms with Gasteiger partial charge in [-0.3, -0.25) is 0 Å². The molecule has 0 radical (unpaired) electrons. The van der Waals surface area contributed by atoms with E-state index in [0.29, 0.717) is 38.6 Å². The molecule has 0 aromatic rings. The van der Waals surface area contributed by atoms with E-state index in [4.69, 9.17) is 26.8 Å². The van der Waals surface area contributed by atoms with Gasteiger partial charge in [0.15, 0.2) is 0 Å². The molecule has 6 nitrogen and oxygen atoms in total. The standard InChI is InChI=1S/C9H20N4O2/c10-2-1-3-13(12)4-8(11)5-15-9-6-14-7-9/h4,9H,1-3,5-7,10-12H2/b8-4-. The SMILES string of the molecule is NCCCN(N)/C=C(\N)COC1COC1. The van der Waals surface area contributed by atoms with Crippen LogP contribution < -0.4 is 17.3 Å². The molecule has 0 amide bonds. The van der Waals surface area contributed by atoms with Crippen molar-refractivity contribution in [1.29, 1.82) is 0 Å². The highest BCUT2D eigenvalue weighted by Crippen LogP contribution is 2.05. The van der Waals surface area contributed by atoms with Crippen molar-refractivity contribution in [1.82, 2.24) is 5.01 Å². The average molecular weight is 216 g/mol. The number of rotatable bonds is 7. The summed E-state index contributed by atoms with van der Waals surface area (Å²) in [6.07, 6.45) is 2.71. The third-order valence-electron chi connectivity index (χ3n) is 2.05. The Morgan fingerprint density at radius 3 is 2.80 bits per heavy atom. The minimum absolute atomic E-state index is 0.187. The zero-order valence-corrected chi connectivity index (χ0v) is 8.89. The first-order chi connectivity index (χ1) is 7.22. The van der Waals surface area contributed by atoms with Crippen LogP contribution in [0, 0.1) is 0 Å². The van der Waals surface area contributed by atoms with Crippen LogP contribution in [0.5, 0.6) is 0 Å². The van der Waals surface area contributed by atoms with E-state index in [0.717, 1.165) is 6.42 Å². The molecule has 1 heterocycles. The molecule has 0 saturated carbocycles. The highest BCUT2D eigenvalue weighted by molar-refractivity contribution is 4.95. The van der Waals surface area contributed by atoms with Crippen molar-refractivity contribution in [3.63, 3.8) is 0 Å². The van der Waals surface area contributed by atoms with Crippen molar-refractivity contribution in [3.05, 3.63) is 11.9 Å². The van der Waals surface area contributed by atoms with E-state index in [1.54, 1.807) is 6.20 Å². The molecule has 1 aliphatic heterocycles. The van der Waals surface area contributed by atoms with Crippen molar-refractivity contribution in [3.8, 4) is 0 Å². The van der Waals surface area contributed by atoms with Crippen molar-refractivity contribution < 1.29 is 9.47 Å². The van der Waals surface area contributed by atoms with Crippen molar-refractivity contribution >= 4 is 0 Å². The van der Waals surface area contributed by atoms with Gasteiger partial charge in [0, 0.05) is 12.7 Å². The molecule has 1 rings (SSSR count).